The molecule has 1 aromatic heterocycles. The van der Waals surface area contributed by atoms with Crippen LogP contribution in [0.15, 0.2) is 48.0 Å². The number of hydrazine groups is 1. The topological polar surface area (TPSA) is 263 Å². The zero-order valence-corrected chi connectivity index (χ0v) is 19.9. The van der Waals surface area contributed by atoms with Gasteiger partial charge in [-0.1, -0.05) is 27.2 Å². The molecule has 4 rings (SSSR count). The van der Waals surface area contributed by atoms with E-state index in [-0.39, 0.29) is 40.1 Å². The summed E-state index contributed by atoms with van der Waals surface area (Å²) in [6, 6.07) is -0.900. The van der Waals surface area contributed by atoms with Gasteiger partial charge in [0.15, 0.2) is 16.9 Å². The lowest BCUT2D eigenvalue weighted by atomic mass is 9.88. The number of nitrogens with one attached hydrogen (secondary N) is 1. The molecule has 1 atom stereocenters. The predicted molar refractivity (Wildman–Crippen MR) is 129 cm³/mol. The Kier molecular flexibility index (Phi) is 7.30. The molecule has 37 heavy (non-hydrogen) atoms. The van der Waals surface area contributed by atoms with Crippen LogP contribution in [-0.4, -0.2) is 86.0 Å². The Balaban J connectivity index is 1.47. The Hall–Kier alpha value is -4.58. The van der Waals surface area contributed by atoms with Crippen molar-refractivity contribution in [2.45, 2.75) is 24.4 Å². The molecule has 1 spiro atoms. The summed E-state index contributed by atoms with van der Waals surface area (Å²) < 4.78 is 0. The molecule has 2 amide bonds. The second kappa shape index (κ2) is 10.6. The lowest BCUT2D eigenvalue weighted by Crippen LogP contribution is -2.52. The molecule has 1 aromatic rings. The standard InChI is InChI=1S/C18H22ClN15O3/c19-12-14(29-32-21)25-13(28-31-20)11(24-12)15(35)26-17-27-18(8-34(17)22)3-6-33(7-4-18)16(36)10-9(30-37)2-1-5-23-10/h1-2,5,10,37H,3-4,6-8,22H2,(H,26,27,35)(H4,20,21,25,28,29). The van der Waals surface area contributed by atoms with Crippen LogP contribution < -0.4 is 22.8 Å². The lowest BCUT2D eigenvalue weighted by molar-refractivity contribution is -0.132. The molecule has 0 aliphatic carbocycles. The third-order valence-electron chi connectivity index (χ3n) is 5.87. The molecule has 0 saturated carbocycles. The minimum absolute atomic E-state index is 0.0841. The summed E-state index contributed by atoms with van der Waals surface area (Å²) in [4.78, 5) is 44.1. The molecular formula is C18H22ClN15O3. The fourth-order valence-electron chi connectivity index (χ4n) is 4.08. The average Bonchev–Trinajstić information content (AvgIpc) is 3.19. The van der Waals surface area contributed by atoms with E-state index in [0.29, 0.717) is 32.5 Å². The number of dihydropyridines is 1. The number of aromatic nitrogens is 2. The van der Waals surface area contributed by atoms with E-state index in [1.54, 1.807) is 11.0 Å². The number of nitrogens with zero attached hydrogens (tertiary/aromatic N) is 11. The summed E-state index contributed by atoms with van der Waals surface area (Å²) in [5, 5.41) is 29.2. The van der Waals surface area contributed by atoms with Crippen LogP contribution in [0.2, 0.25) is 5.15 Å². The molecule has 4 heterocycles. The summed E-state index contributed by atoms with van der Waals surface area (Å²) in [6.07, 6.45) is 5.54. The maximum absolute atomic E-state index is 13.0. The van der Waals surface area contributed by atoms with E-state index < -0.39 is 17.5 Å². The van der Waals surface area contributed by atoms with Crippen molar-refractivity contribution in [3.63, 3.8) is 0 Å². The molecule has 3 aliphatic heterocycles. The Morgan fingerprint density at radius 1 is 1.16 bits per heavy atom. The zero-order chi connectivity index (χ0) is 26.6. The van der Waals surface area contributed by atoms with Gasteiger partial charge in [0, 0.05) is 19.3 Å². The lowest BCUT2D eigenvalue weighted by Gasteiger charge is -2.38. The maximum Gasteiger partial charge on any atom is 0.280 e. The van der Waals surface area contributed by atoms with Gasteiger partial charge in [-0.2, -0.15) is 0 Å². The Morgan fingerprint density at radius 3 is 2.54 bits per heavy atom. The van der Waals surface area contributed by atoms with Gasteiger partial charge in [-0.05, 0) is 25.0 Å². The van der Waals surface area contributed by atoms with Crippen LogP contribution in [0.3, 0.4) is 0 Å². The third-order valence-corrected chi connectivity index (χ3v) is 6.12. The summed E-state index contributed by atoms with van der Waals surface area (Å²) in [7, 11) is 0. The van der Waals surface area contributed by atoms with Crippen LogP contribution >= 0.6 is 11.6 Å². The van der Waals surface area contributed by atoms with Crippen molar-refractivity contribution in [2.75, 3.05) is 19.6 Å². The number of oxime groups is 1. The number of halogens is 1. The fraction of sp³-hybridized carbons (Fsp3) is 0.389. The smallest absolute Gasteiger partial charge is 0.280 e. The number of guanidine groups is 1. The third kappa shape index (κ3) is 5.19. The summed E-state index contributed by atoms with van der Waals surface area (Å²) in [5.41, 5.74) is -0.775. The maximum atomic E-state index is 13.0. The van der Waals surface area contributed by atoms with Gasteiger partial charge in [-0.3, -0.25) is 24.9 Å². The molecule has 0 bridgehead atoms. The molecule has 194 valence electrons. The van der Waals surface area contributed by atoms with Crippen LogP contribution in [0.4, 0.5) is 11.6 Å². The number of hydrogen-bond acceptors (Lipinski definition) is 14. The highest BCUT2D eigenvalue weighted by Crippen LogP contribution is 2.32. The number of nitrogens with two attached hydrogens (primary N) is 3. The van der Waals surface area contributed by atoms with Crippen molar-refractivity contribution >= 4 is 52.9 Å². The molecule has 3 aliphatic rings. The average molecular weight is 532 g/mol. The van der Waals surface area contributed by atoms with Gasteiger partial charge in [0.2, 0.25) is 17.6 Å². The van der Waals surface area contributed by atoms with E-state index in [2.05, 4.69) is 51.1 Å². The molecule has 1 saturated heterocycles. The number of hydrogen-bond donors (Lipinski definition) is 5. The van der Waals surface area contributed by atoms with E-state index >= 15 is 0 Å². The van der Waals surface area contributed by atoms with Crippen molar-refractivity contribution in [2.24, 2.45) is 53.3 Å². The van der Waals surface area contributed by atoms with Crippen LogP contribution in [0.5, 0.6) is 0 Å². The number of carbonyl (C=O) groups excluding carboxylic acids is 2. The molecule has 18 nitrogen and oxygen atoms in total. The second-order valence-corrected chi connectivity index (χ2v) is 8.45. The van der Waals surface area contributed by atoms with Gasteiger partial charge in [0.1, 0.15) is 5.71 Å². The van der Waals surface area contributed by atoms with Gasteiger partial charge >= 0.3 is 0 Å². The van der Waals surface area contributed by atoms with Gasteiger partial charge in [-0.15, -0.1) is 10.2 Å². The first kappa shape index (κ1) is 25.5. The highest BCUT2D eigenvalue weighted by molar-refractivity contribution is 6.31. The number of amides is 2. The molecule has 0 radical (unpaired) electrons. The number of carbonyl (C=O) groups is 2. The number of aliphatic imine (C=N–C) groups is 2. The highest BCUT2D eigenvalue weighted by atomic mass is 35.5. The first-order valence-corrected chi connectivity index (χ1v) is 11.1. The number of likely N-dealkylation sites (tertiary alicyclic amines) is 1. The number of allylic oxidation sites excluding steroid dienone is 1. The van der Waals surface area contributed by atoms with Crippen LogP contribution in [0.1, 0.15) is 23.3 Å². The second-order valence-electron chi connectivity index (χ2n) is 8.09. The van der Waals surface area contributed by atoms with Crippen molar-refractivity contribution < 1.29 is 14.8 Å². The normalized spacial score (nSPS) is 21.9. The van der Waals surface area contributed by atoms with E-state index in [4.69, 9.17) is 34.3 Å². The first-order valence-electron chi connectivity index (χ1n) is 10.7. The van der Waals surface area contributed by atoms with Crippen molar-refractivity contribution in [3.8, 4) is 0 Å². The number of piperidine rings is 1. The van der Waals surface area contributed by atoms with Gasteiger partial charge in [-0.25, -0.2) is 20.8 Å². The largest absolute Gasteiger partial charge is 0.411 e. The van der Waals surface area contributed by atoms with Crippen LogP contribution in [-0.2, 0) is 4.79 Å². The van der Waals surface area contributed by atoms with Gasteiger partial charge < -0.3 is 21.8 Å². The fourth-order valence-corrected chi connectivity index (χ4v) is 4.24. The highest BCUT2D eigenvalue weighted by Gasteiger charge is 2.43. The molecule has 0 aromatic carbocycles. The SMILES string of the molecule is NN=Nc1nc(N=NN)c(C(=O)NC2=NC3(CCN(C(=O)C4N=CC=CC4=NO)CC3)CN2N)nc1Cl. The van der Waals surface area contributed by atoms with E-state index in [1.807, 2.05) is 0 Å². The summed E-state index contributed by atoms with van der Waals surface area (Å²) >= 11 is 6.00. The number of rotatable bonds is 4. The quantitative estimate of drug-likeness (QED) is 0.145. The van der Waals surface area contributed by atoms with E-state index in [9.17, 15) is 9.59 Å². The molecule has 19 heteroatoms. The molecule has 8 N–H and O–H groups in total. The predicted octanol–water partition coefficient (Wildman–Crippen LogP) is -0.479. The Labute approximate surface area is 213 Å². The van der Waals surface area contributed by atoms with Gasteiger partial charge in [0.05, 0.1) is 12.1 Å². The van der Waals surface area contributed by atoms with Gasteiger partial charge in [0.25, 0.3) is 11.8 Å². The molecule has 1 fully saturated rings. The van der Waals surface area contributed by atoms with Crippen molar-refractivity contribution in [1.82, 2.24) is 25.2 Å². The van der Waals surface area contributed by atoms with Crippen LogP contribution in [0, 0.1) is 0 Å². The minimum Gasteiger partial charge on any atom is -0.411 e. The Morgan fingerprint density at radius 2 is 1.86 bits per heavy atom. The summed E-state index contributed by atoms with van der Waals surface area (Å²) in [6.45, 7) is 1.03. The Bertz CT molecular complexity index is 1270. The van der Waals surface area contributed by atoms with Crippen molar-refractivity contribution in [3.05, 3.63) is 23.0 Å². The molecular weight excluding hydrogens is 510 g/mol. The van der Waals surface area contributed by atoms with Crippen molar-refractivity contribution in [1.29, 1.82) is 0 Å². The first-order chi connectivity index (χ1) is 17.8. The minimum atomic E-state index is -0.900. The molecule has 1 unspecified atom stereocenters. The zero-order valence-electron chi connectivity index (χ0n) is 19.1. The monoisotopic (exact) mass is 531 g/mol. The van der Waals surface area contributed by atoms with E-state index in [0.717, 1.165) is 0 Å². The van der Waals surface area contributed by atoms with Crippen LogP contribution in [0.25, 0.3) is 0 Å². The summed E-state index contributed by atoms with van der Waals surface area (Å²) in [5.74, 6) is 14.8. The van der Waals surface area contributed by atoms with E-state index in [1.165, 1.54) is 17.3 Å².